The Balaban J connectivity index is 1.90. The zero-order valence-electron chi connectivity index (χ0n) is 10.6. The Labute approximate surface area is 111 Å². The van der Waals surface area contributed by atoms with Crippen LogP contribution in [0.3, 0.4) is 0 Å². The molecular weight excluding hydrogens is 247 g/mol. The van der Waals surface area contributed by atoms with Gasteiger partial charge in [0.25, 0.3) is 0 Å². The number of hydrogen-bond acceptors (Lipinski definition) is 3. The molecule has 0 aliphatic carbocycles. The van der Waals surface area contributed by atoms with Crippen molar-refractivity contribution in [2.24, 2.45) is 0 Å². The third-order valence-corrected chi connectivity index (χ3v) is 2.72. The number of benzene rings is 2. The molecule has 0 radical (unpaired) electrons. The minimum Gasteiger partial charge on any atom is -0.504 e. The molecule has 0 fully saturated rings. The number of phenolic OH excluding ortho intramolecular Hbond substituents is 1. The molecule has 19 heavy (non-hydrogen) atoms. The van der Waals surface area contributed by atoms with Gasteiger partial charge in [0.1, 0.15) is 11.6 Å². The molecule has 0 heterocycles. The zero-order chi connectivity index (χ0) is 13.7. The molecule has 0 unspecified atom stereocenters. The lowest BCUT2D eigenvalue weighted by atomic mass is 10.1. The fourth-order valence-corrected chi connectivity index (χ4v) is 1.70. The maximum Gasteiger partial charge on any atom is 0.160 e. The van der Waals surface area contributed by atoms with Gasteiger partial charge in [-0.25, -0.2) is 4.39 Å². The van der Waals surface area contributed by atoms with Crippen LogP contribution in [0.4, 0.5) is 4.39 Å². The Morgan fingerprint density at radius 1 is 1.11 bits per heavy atom. The second-order valence-corrected chi connectivity index (χ2v) is 4.06. The molecule has 2 rings (SSSR count). The molecule has 0 aliphatic heterocycles. The van der Waals surface area contributed by atoms with Crippen LogP contribution in [0.15, 0.2) is 42.5 Å². The predicted molar refractivity (Wildman–Crippen MR) is 70.3 cm³/mol. The van der Waals surface area contributed by atoms with Crippen molar-refractivity contribution >= 4 is 0 Å². The molecule has 0 atom stereocenters. The van der Waals surface area contributed by atoms with E-state index in [0.29, 0.717) is 24.5 Å². The molecule has 4 heteroatoms. The van der Waals surface area contributed by atoms with Gasteiger partial charge in [-0.15, -0.1) is 0 Å². The lowest BCUT2D eigenvalue weighted by molar-refractivity contribution is 0.320. The molecule has 0 saturated heterocycles. The van der Waals surface area contributed by atoms with E-state index in [1.54, 1.807) is 24.3 Å². The highest BCUT2D eigenvalue weighted by atomic mass is 19.1. The first-order chi connectivity index (χ1) is 9.19. The highest BCUT2D eigenvalue weighted by molar-refractivity contribution is 5.41. The molecule has 0 saturated carbocycles. The first-order valence-electron chi connectivity index (χ1n) is 5.93. The van der Waals surface area contributed by atoms with E-state index >= 15 is 0 Å². The van der Waals surface area contributed by atoms with Gasteiger partial charge in [0.15, 0.2) is 11.5 Å². The minimum atomic E-state index is -0.282. The summed E-state index contributed by atoms with van der Waals surface area (Å²) in [5.41, 5.74) is 0.997. The summed E-state index contributed by atoms with van der Waals surface area (Å²) in [5, 5.41) is 9.47. The summed E-state index contributed by atoms with van der Waals surface area (Å²) >= 11 is 0. The first kappa shape index (κ1) is 13.2. The molecule has 3 nitrogen and oxygen atoms in total. The van der Waals surface area contributed by atoms with E-state index in [4.69, 9.17) is 9.47 Å². The number of phenols is 1. The predicted octanol–water partition coefficient (Wildman–Crippen LogP) is 3.16. The summed E-state index contributed by atoms with van der Waals surface area (Å²) in [5.74, 6) is 0.910. The Kier molecular flexibility index (Phi) is 4.23. The number of ether oxygens (including phenoxy) is 2. The number of aromatic hydroxyl groups is 1. The molecule has 0 aromatic heterocycles. The molecular formula is C15H15FO3. The largest absolute Gasteiger partial charge is 0.504 e. The van der Waals surface area contributed by atoms with E-state index in [-0.39, 0.29) is 11.6 Å². The summed E-state index contributed by atoms with van der Waals surface area (Å²) < 4.78 is 23.2. The smallest absolute Gasteiger partial charge is 0.160 e. The van der Waals surface area contributed by atoms with Gasteiger partial charge in [0, 0.05) is 6.42 Å². The topological polar surface area (TPSA) is 38.7 Å². The molecule has 2 aromatic carbocycles. The van der Waals surface area contributed by atoms with Crippen molar-refractivity contribution in [3.63, 3.8) is 0 Å². The summed E-state index contributed by atoms with van der Waals surface area (Å²) in [7, 11) is 1.51. The van der Waals surface area contributed by atoms with Crippen molar-refractivity contribution in [1.82, 2.24) is 0 Å². The molecule has 1 N–H and O–H groups in total. The van der Waals surface area contributed by atoms with Crippen LogP contribution < -0.4 is 9.47 Å². The van der Waals surface area contributed by atoms with Crippen molar-refractivity contribution in [2.45, 2.75) is 6.42 Å². The van der Waals surface area contributed by atoms with Crippen LogP contribution >= 0.6 is 0 Å². The quantitative estimate of drug-likeness (QED) is 0.899. The molecule has 0 amide bonds. The molecule has 0 spiro atoms. The van der Waals surface area contributed by atoms with E-state index < -0.39 is 0 Å². The minimum absolute atomic E-state index is 0.116. The van der Waals surface area contributed by atoms with Gasteiger partial charge < -0.3 is 14.6 Å². The Morgan fingerprint density at radius 2 is 1.84 bits per heavy atom. The van der Waals surface area contributed by atoms with Crippen molar-refractivity contribution in [2.75, 3.05) is 13.7 Å². The van der Waals surface area contributed by atoms with Crippen molar-refractivity contribution in [3.05, 3.63) is 53.8 Å². The fourth-order valence-electron chi connectivity index (χ4n) is 1.70. The second kappa shape index (κ2) is 6.09. The van der Waals surface area contributed by atoms with Gasteiger partial charge in [-0.2, -0.15) is 0 Å². The summed E-state index contributed by atoms with van der Waals surface area (Å²) in [4.78, 5) is 0. The highest BCUT2D eigenvalue weighted by Crippen LogP contribution is 2.26. The Hall–Kier alpha value is -2.23. The average molecular weight is 262 g/mol. The second-order valence-electron chi connectivity index (χ2n) is 4.06. The average Bonchev–Trinajstić information content (AvgIpc) is 2.43. The van der Waals surface area contributed by atoms with E-state index in [1.807, 2.05) is 6.07 Å². The normalized spacial score (nSPS) is 10.2. The number of methoxy groups -OCH3 is 1. The maximum atomic E-state index is 12.7. The van der Waals surface area contributed by atoms with Gasteiger partial charge in [-0.3, -0.25) is 0 Å². The van der Waals surface area contributed by atoms with Crippen molar-refractivity contribution in [1.29, 1.82) is 0 Å². The van der Waals surface area contributed by atoms with E-state index in [0.717, 1.165) is 5.56 Å². The van der Waals surface area contributed by atoms with Crippen LogP contribution in [-0.4, -0.2) is 18.8 Å². The standard InChI is InChI=1S/C15H15FO3/c1-18-15-10-11(2-7-14(15)17)8-9-19-13-5-3-12(16)4-6-13/h2-7,10,17H,8-9H2,1H3. The van der Waals surface area contributed by atoms with Crippen LogP contribution in [0, 0.1) is 5.82 Å². The first-order valence-corrected chi connectivity index (χ1v) is 5.93. The summed E-state index contributed by atoms with van der Waals surface area (Å²) in [6, 6.07) is 11.1. The third kappa shape index (κ3) is 3.61. The third-order valence-electron chi connectivity index (χ3n) is 2.72. The number of hydrogen-bond donors (Lipinski definition) is 1. The molecule has 0 aliphatic rings. The lowest BCUT2D eigenvalue weighted by Gasteiger charge is -2.08. The van der Waals surface area contributed by atoms with Crippen LogP contribution in [0.2, 0.25) is 0 Å². The van der Waals surface area contributed by atoms with Crippen LogP contribution in [-0.2, 0) is 6.42 Å². The monoisotopic (exact) mass is 262 g/mol. The summed E-state index contributed by atoms with van der Waals surface area (Å²) in [6.07, 6.45) is 0.675. The van der Waals surface area contributed by atoms with Crippen LogP contribution in [0.5, 0.6) is 17.2 Å². The van der Waals surface area contributed by atoms with Gasteiger partial charge in [0.2, 0.25) is 0 Å². The fraction of sp³-hybridized carbons (Fsp3) is 0.200. The van der Waals surface area contributed by atoms with E-state index in [9.17, 15) is 9.50 Å². The van der Waals surface area contributed by atoms with Gasteiger partial charge >= 0.3 is 0 Å². The molecule has 0 bridgehead atoms. The van der Waals surface area contributed by atoms with Crippen LogP contribution in [0.25, 0.3) is 0 Å². The molecule has 2 aromatic rings. The Bertz CT molecular complexity index is 538. The van der Waals surface area contributed by atoms with E-state index in [1.165, 1.54) is 19.2 Å². The van der Waals surface area contributed by atoms with E-state index in [2.05, 4.69) is 0 Å². The van der Waals surface area contributed by atoms with Crippen molar-refractivity contribution < 1.29 is 19.0 Å². The van der Waals surface area contributed by atoms with Gasteiger partial charge in [-0.1, -0.05) is 6.07 Å². The Morgan fingerprint density at radius 3 is 2.53 bits per heavy atom. The lowest BCUT2D eigenvalue weighted by Crippen LogP contribution is -2.01. The van der Waals surface area contributed by atoms with Gasteiger partial charge in [0.05, 0.1) is 13.7 Å². The number of halogens is 1. The van der Waals surface area contributed by atoms with Crippen molar-refractivity contribution in [3.8, 4) is 17.2 Å². The summed E-state index contributed by atoms with van der Waals surface area (Å²) in [6.45, 7) is 0.472. The van der Waals surface area contributed by atoms with Gasteiger partial charge in [-0.05, 0) is 42.0 Å². The highest BCUT2D eigenvalue weighted by Gasteiger charge is 2.03. The maximum absolute atomic E-state index is 12.7. The zero-order valence-corrected chi connectivity index (χ0v) is 10.6. The SMILES string of the molecule is COc1cc(CCOc2ccc(F)cc2)ccc1O. The van der Waals surface area contributed by atoms with Crippen LogP contribution in [0.1, 0.15) is 5.56 Å². The number of rotatable bonds is 5. The molecule has 100 valence electrons.